The second kappa shape index (κ2) is 21.8. The molecule has 0 unspecified atom stereocenters. The summed E-state index contributed by atoms with van der Waals surface area (Å²) in [6.45, 7) is 2.75. The summed E-state index contributed by atoms with van der Waals surface area (Å²) < 4.78 is 22.5. The first-order valence-electron chi connectivity index (χ1n) is 19.1. The van der Waals surface area contributed by atoms with E-state index in [1.165, 1.54) is 12.1 Å². The molecule has 0 aliphatic carbocycles. The average molecular weight is 797 g/mol. The number of hydrogen-bond donors (Lipinski definition) is 2. The van der Waals surface area contributed by atoms with E-state index in [-0.39, 0.29) is 23.3 Å². The van der Waals surface area contributed by atoms with E-state index in [4.69, 9.17) is 28.7 Å². The molecule has 0 heterocycles. The van der Waals surface area contributed by atoms with Gasteiger partial charge in [-0.15, -0.1) is 0 Å². The van der Waals surface area contributed by atoms with E-state index >= 15 is 0 Å². The van der Waals surface area contributed by atoms with Gasteiger partial charge < -0.3 is 34.0 Å². The maximum absolute atomic E-state index is 12.9. The summed E-state index contributed by atoms with van der Waals surface area (Å²) in [4.78, 5) is 47.5. The maximum atomic E-state index is 12.9. The normalized spacial score (nSPS) is 10.9. The Labute approximate surface area is 342 Å². The predicted octanol–water partition coefficient (Wildman–Crippen LogP) is 8.98. The van der Waals surface area contributed by atoms with E-state index in [9.17, 15) is 24.6 Å². The van der Waals surface area contributed by atoms with Gasteiger partial charge in [0.2, 0.25) is 0 Å². The van der Waals surface area contributed by atoms with Gasteiger partial charge in [-0.1, -0.05) is 103 Å². The van der Waals surface area contributed by atoms with Crippen LogP contribution in [0.5, 0.6) is 11.5 Å². The Bertz CT molecular complexity index is 2270. The molecule has 59 heavy (non-hydrogen) atoms. The standard InChI is InChI=1S/C48H44O11/c49-46(50)44-31-38(36-7-3-1-4-8-36)15-16-40(44)33-57-59-42-20-13-35(14-21-42)24-26-55-28-30-56-29-27-54-25-23-34-11-18-41(19-12-34)58-48(53)43-22-17-39(32-45(43)47(51)52)37-9-5-2-6-10-37/h1-22,31-32H,23-30,33H2,(H,49,50)(H,51,52). The second-order valence-electron chi connectivity index (χ2n) is 13.3. The molecule has 0 spiro atoms. The number of carbonyl (C=O) groups is 3. The van der Waals surface area contributed by atoms with Crippen LogP contribution in [0, 0.1) is 0 Å². The molecule has 11 nitrogen and oxygen atoms in total. The number of benzene rings is 6. The van der Waals surface area contributed by atoms with Crippen molar-refractivity contribution in [2.45, 2.75) is 19.4 Å². The maximum Gasteiger partial charge on any atom is 0.344 e. The minimum absolute atomic E-state index is 0.0227. The summed E-state index contributed by atoms with van der Waals surface area (Å²) >= 11 is 0. The van der Waals surface area contributed by atoms with Gasteiger partial charge in [0.25, 0.3) is 0 Å². The molecule has 0 bridgehead atoms. The number of aromatic carboxylic acids is 2. The lowest BCUT2D eigenvalue weighted by molar-refractivity contribution is -0.217. The summed E-state index contributed by atoms with van der Waals surface area (Å²) in [6.07, 6.45) is 1.36. The molecule has 6 aromatic carbocycles. The third-order valence-corrected chi connectivity index (χ3v) is 9.27. The predicted molar refractivity (Wildman–Crippen MR) is 221 cm³/mol. The van der Waals surface area contributed by atoms with Crippen LogP contribution in [0.1, 0.15) is 47.8 Å². The third kappa shape index (κ3) is 12.7. The molecule has 0 saturated heterocycles. The molecule has 0 amide bonds. The summed E-state index contributed by atoms with van der Waals surface area (Å²) in [6, 6.07) is 43.2. The van der Waals surface area contributed by atoms with Crippen LogP contribution in [0.2, 0.25) is 0 Å². The SMILES string of the molecule is O=C(O)c1cc(-c2ccccc2)ccc1COOc1ccc(CCOCCOCCOCCc2ccc(OC(=O)c3ccc(-c4ccccc4)cc3C(=O)O)cc2)cc1. The Morgan fingerprint density at radius 3 is 1.44 bits per heavy atom. The fraction of sp³-hybridized carbons (Fsp3) is 0.188. The number of carboxylic acids is 2. The van der Waals surface area contributed by atoms with Crippen molar-refractivity contribution in [3.8, 4) is 33.8 Å². The van der Waals surface area contributed by atoms with Gasteiger partial charge in [-0.05, 0) is 94.3 Å². The Kier molecular flexibility index (Phi) is 15.5. The molecule has 302 valence electrons. The smallest absolute Gasteiger partial charge is 0.344 e. The van der Waals surface area contributed by atoms with Gasteiger partial charge in [-0.3, -0.25) is 0 Å². The molecule has 6 rings (SSSR count). The highest BCUT2D eigenvalue weighted by Crippen LogP contribution is 2.26. The average Bonchev–Trinajstić information content (AvgIpc) is 3.27. The van der Waals surface area contributed by atoms with Crippen molar-refractivity contribution >= 4 is 17.9 Å². The van der Waals surface area contributed by atoms with Crippen molar-refractivity contribution in [2.24, 2.45) is 0 Å². The van der Waals surface area contributed by atoms with Crippen molar-refractivity contribution < 1.29 is 53.3 Å². The van der Waals surface area contributed by atoms with Gasteiger partial charge in [0.05, 0.1) is 56.3 Å². The molecule has 0 fully saturated rings. The van der Waals surface area contributed by atoms with Crippen molar-refractivity contribution in [1.29, 1.82) is 0 Å². The monoisotopic (exact) mass is 796 g/mol. The second-order valence-corrected chi connectivity index (χ2v) is 13.3. The van der Waals surface area contributed by atoms with E-state index in [1.807, 2.05) is 91.0 Å². The lowest BCUT2D eigenvalue weighted by Crippen LogP contribution is -2.14. The van der Waals surface area contributed by atoms with Crippen molar-refractivity contribution in [2.75, 3.05) is 39.6 Å². The molecule has 0 aromatic heterocycles. The molecule has 0 saturated carbocycles. The molecule has 0 radical (unpaired) electrons. The number of hydrogen-bond acceptors (Lipinski definition) is 9. The fourth-order valence-electron chi connectivity index (χ4n) is 6.10. The molecule has 0 atom stereocenters. The summed E-state index contributed by atoms with van der Waals surface area (Å²) in [5, 5.41) is 19.5. The fourth-order valence-corrected chi connectivity index (χ4v) is 6.10. The van der Waals surface area contributed by atoms with Crippen LogP contribution in [-0.2, 0) is 38.5 Å². The third-order valence-electron chi connectivity index (χ3n) is 9.27. The number of carbonyl (C=O) groups excluding carboxylic acids is 1. The number of carboxylic acid groups (broad SMARTS) is 2. The van der Waals surface area contributed by atoms with Crippen molar-refractivity contribution in [1.82, 2.24) is 0 Å². The number of rotatable bonds is 22. The van der Waals surface area contributed by atoms with Gasteiger partial charge >= 0.3 is 17.9 Å². The Morgan fingerprint density at radius 1 is 0.441 bits per heavy atom. The zero-order valence-electron chi connectivity index (χ0n) is 32.3. The van der Waals surface area contributed by atoms with Gasteiger partial charge in [0, 0.05) is 0 Å². The minimum Gasteiger partial charge on any atom is -0.478 e. The quantitative estimate of drug-likeness (QED) is 0.0223. The highest BCUT2D eigenvalue weighted by atomic mass is 17.2. The van der Waals surface area contributed by atoms with Crippen LogP contribution in [0.25, 0.3) is 22.3 Å². The Balaban J connectivity index is 0.800. The largest absolute Gasteiger partial charge is 0.478 e. The highest BCUT2D eigenvalue weighted by molar-refractivity contribution is 6.04. The van der Waals surface area contributed by atoms with Crippen LogP contribution < -0.4 is 9.62 Å². The first-order valence-corrected chi connectivity index (χ1v) is 19.1. The van der Waals surface area contributed by atoms with E-state index < -0.39 is 17.9 Å². The molecular weight excluding hydrogens is 753 g/mol. The molecule has 11 heteroatoms. The van der Waals surface area contributed by atoms with E-state index in [1.54, 1.807) is 42.5 Å². The summed E-state index contributed by atoms with van der Waals surface area (Å²) in [7, 11) is 0. The zero-order chi connectivity index (χ0) is 41.2. The first kappa shape index (κ1) is 42.0. The lowest BCUT2D eigenvalue weighted by atomic mass is 9.99. The number of ether oxygens (including phenoxy) is 4. The highest BCUT2D eigenvalue weighted by Gasteiger charge is 2.20. The summed E-state index contributed by atoms with van der Waals surface area (Å²) in [5.41, 5.74) is 5.86. The van der Waals surface area contributed by atoms with Crippen LogP contribution in [0.3, 0.4) is 0 Å². The molecule has 2 N–H and O–H groups in total. The van der Waals surface area contributed by atoms with Gasteiger partial charge in [0.1, 0.15) is 12.4 Å². The molecular formula is C48H44O11. The van der Waals surface area contributed by atoms with Crippen LogP contribution in [-0.4, -0.2) is 67.8 Å². The van der Waals surface area contributed by atoms with E-state index in [2.05, 4.69) is 0 Å². The van der Waals surface area contributed by atoms with E-state index in [0.29, 0.717) is 75.1 Å². The Hall–Kier alpha value is -6.63. The van der Waals surface area contributed by atoms with E-state index in [0.717, 1.165) is 27.8 Å². The van der Waals surface area contributed by atoms with Crippen molar-refractivity contribution in [3.05, 3.63) is 179 Å². The molecule has 6 aromatic rings. The lowest BCUT2D eigenvalue weighted by Gasteiger charge is -2.10. The van der Waals surface area contributed by atoms with Gasteiger partial charge in [0.15, 0.2) is 5.75 Å². The van der Waals surface area contributed by atoms with Crippen LogP contribution in [0.15, 0.2) is 146 Å². The Morgan fingerprint density at radius 2 is 0.915 bits per heavy atom. The topological polar surface area (TPSA) is 147 Å². The minimum atomic E-state index is -1.21. The van der Waals surface area contributed by atoms with Crippen LogP contribution >= 0.6 is 0 Å². The zero-order valence-corrected chi connectivity index (χ0v) is 32.3. The first-order chi connectivity index (χ1) is 28.8. The molecule has 0 aliphatic rings. The number of esters is 1. The van der Waals surface area contributed by atoms with Crippen molar-refractivity contribution in [3.63, 3.8) is 0 Å². The van der Waals surface area contributed by atoms with Gasteiger partial charge in [-0.25, -0.2) is 14.4 Å². The summed E-state index contributed by atoms with van der Waals surface area (Å²) in [5.74, 6) is -2.18. The van der Waals surface area contributed by atoms with Gasteiger partial charge in [-0.2, -0.15) is 4.89 Å². The molecule has 0 aliphatic heterocycles. The van der Waals surface area contributed by atoms with Crippen LogP contribution in [0.4, 0.5) is 0 Å².